The van der Waals surface area contributed by atoms with Crippen molar-refractivity contribution < 1.29 is 4.79 Å². The molecule has 0 aliphatic carbocycles. The molecule has 1 amide bonds. The zero-order valence-electron chi connectivity index (χ0n) is 16.6. The summed E-state index contributed by atoms with van der Waals surface area (Å²) in [6.45, 7) is 2.03. The number of aromatic nitrogens is 1. The van der Waals surface area contributed by atoms with Crippen LogP contribution in [-0.2, 0) is 12.8 Å². The van der Waals surface area contributed by atoms with Gasteiger partial charge in [-0.25, -0.2) is 4.98 Å². The van der Waals surface area contributed by atoms with Gasteiger partial charge in [0.2, 0.25) is 0 Å². The molecule has 0 unspecified atom stereocenters. The molecular formula is C25H21BrN2OS. The SMILES string of the molecule is Cc1sc(NC(=O)c2ccccc2CCc2ccccc2)nc1-c1ccc(Br)cc1. The van der Waals surface area contributed by atoms with E-state index in [9.17, 15) is 4.79 Å². The Morgan fingerprint density at radius 3 is 2.40 bits per heavy atom. The zero-order chi connectivity index (χ0) is 20.9. The average Bonchev–Trinajstić information content (AvgIpc) is 3.13. The Labute approximate surface area is 189 Å². The minimum atomic E-state index is -0.116. The largest absolute Gasteiger partial charge is 0.298 e. The number of thiazole rings is 1. The minimum Gasteiger partial charge on any atom is -0.298 e. The highest BCUT2D eigenvalue weighted by atomic mass is 79.9. The van der Waals surface area contributed by atoms with Crippen LogP contribution >= 0.6 is 27.3 Å². The summed E-state index contributed by atoms with van der Waals surface area (Å²) in [4.78, 5) is 18.7. The number of hydrogen-bond donors (Lipinski definition) is 1. The van der Waals surface area contributed by atoms with Gasteiger partial charge < -0.3 is 0 Å². The summed E-state index contributed by atoms with van der Waals surface area (Å²) in [5.41, 5.74) is 4.95. The Morgan fingerprint density at radius 1 is 0.933 bits per heavy atom. The summed E-state index contributed by atoms with van der Waals surface area (Å²) < 4.78 is 1.03. The van der Waals surface area contributed by atoms with Gasteiger partial charge in [-0.15, -0.1) is 11.3 Å². The van der Waals surface area contributed by atoms with Gasteiger partial charge >= 0.3 is 0 Å². The van der Waals surface area contributed by atoms with Crippen molar-refractivity contribution in [1.29, 1.82) is 0 Å². The molecule has 0 fully saturated rings. The van der Waals surface area contributed by atoms with Gasteiger partial charge in [-0.2, -0.15) is 0 Å². The summed E-state index contributed by atoms with van der Waals surface area (Å²) >= 11 is 4.96. The maximum Gasteiger partial charge on any atom is 0.257 e. The molecule has 0 radical (unpaired) electrons. The monoisotopic (exact) mass is 476 g/mol. The zero-order valence-corrected chi connectivity index (χ0v) is 19.0. The van der Waals surface area contributed by atoms with Crippen LogP contribution in [-0.4, -0.2) is 10.9 Å². The smallest absolute Gasteiger partial charge is 0.257 e. The van der Waals surface area contributed by atoms with Crippen molar-refractivity contribution in [2.75, 3.05) is 5.32 Å². The van der Waals surface area contributed by atoms with E-state index < -0.39 is 0 Å². The maximum atomic E-state index is 13.0. The van der Waals surface area contributed by atoms with Crippen molar-refractivity contribution in [1.82, 2.24) is 4.98 Å². The number of nitrogens with zero attached hydrogens (tertiary/aromatic N) is 1. The standard InChI is InChI=1S/C25H21BrN2OS/c1-17-23(20-13-15-21(26)16-14-20)27-25(30-17)28-24(29)22-10-6-5-9-19(22)12-11-18-7-3-2-4-8-18/h2-10,13-16H,11-12H2,1H3,(H,27,28,29). The number of hydrogen-bond acceptors (Lipinski definition) is 3. The number of halogens is 1. The topological polar surface area (TPSA) is 42.0 Å². The van der Waals surface area contributed by atoms with Gasteiger partial charge in [-0.05, 0) is 49.1 Å². The molecular weight excluding hydrogens is 456 g/mol. The second-order valence-corrected chi connectivity index (χ2v) is 9.15. The minimum absolute atomic E-state index is 0.116. The van der Waals surface area contributed by atoms with Gasteiger partial charge in [0.15, 0.2) is 5.13 Å². The normalized spacial score (nSPS) is 10.7. The Morgan fingerprint density at radius 2 is 1.63 bits per heavy atom. The molecule has 0 bridgehead atoms. The lowest BCUT2D eigenvalue weighted by atomic mass is 9.99. The highest BCUT2D eigenvalue weighted by Crippen LogP contribution is 2.31. The first-order valence-corrected chi connectivity index (χ1v) is 11.4. The van der Waals surface area contributed by atoms with Crippen LogP contribution in [0.2, 0.25) is 0 Å². The fraction of sp³-hybridized carbons (Fsp3) is 0.120. The van der Waals surface area contributed by atoms with Gasteiger partial charge in [0.05, 0.1) is 5.69 Å². The van der Waals surface area contributed by atoms with Crippen LogP contribution < -0.4 is 5.32 Å². The number of amides is 1. The lowest BCUT2D eigenvalue weighted by Gasteiger charge is -2.09. The lowest BCUT2D eigenvalue weighted by molar-refractivity contribution is 0.102. The van der Waals surface area contributed by atoms with Crippen LogP contribution in [0.4, 0.5) is 5.13 Å². The average molecular weight is 477 g/mol. The molecule has 0 aliphatic heterocycles. The van der Waals surface area contributed by atoms with E-state index in [4.69, 9.17) is 0 Å². The highest BCUT2D eigenvalue weighted by Gasteiger charge is 2.15. The summed E-state index contributed by atoms with van der Waals surface area (Å²) in [5.74, 6) is -0.116. The second kappa shape index (κ2) is 9.37. The van der Waals surface area contributed by atoms with Crippen LogP contribution in [0.5, 0.6) is 0 Å². The Kier molecular flexibility index (Phi) is 6.41. The molecule has 3 nitrogen and oxygen atoms in total. The molecule has 0 spiro atoms. The van der Waals surface area contributed by atoms with Gasteiger partial charge in [-0.1, -0.05) is 76.6 Å². The van der Waals surface area contributed by atoms with Gasteiger partial charge in [0.25, 0.3) is 5.91 Å². The van der Waals surface area contributed by atoms with E-state index in [-0.39, 0.29) is 5.91 Å². The molecule has 0 saturated heterocycles. The van der Waals surface area contributed by atoms with Crippen LogP contribution in [0.15, 0.2) is 83.3 Å². The number of nitrogens with one attached hydrogen (secondary N) is 1. The Hall–Kier alpha value is -2.76. The van der Waals surface area contributed by atoms with E-state index in [1.165, 1.54) is 16.9 Å². The fourth-order valence-electron chi connectivity index (χ4n) is 3.37. The predicted molar refractivity (Wildman–Crippen MR) is 128 cm³/mol. The second-order valence-electron chi connectivity index (χ2n) is 7.03. The van der Waals surface area contributed by atoms with E-state index in [1.807, 2.05) is 73.7 Å². The van der Waals surface area contributed by atoms with Gasteiger partial charge in [-0.3, -0.25) is 10.1 Å². The van der Waals surface area contributed by atoms with Crippen LogP contribution in [0.3, 0.4) is 0 Å². The summed E-state index contributed by atoms with van der Waals surface area (Å²) in [5, 5.41) is 3.62. The molecule has 30 heavy (non-hydrogen) atoms. The number of carbonyl (C=O) groups is 1. The van der Waals surface area contributed by atoms with E-state index in [2.05, 4.69) is 38.4 Å². The first-order chi connectivity index (χ1) is 14.6. The molecule has 4 aromatic rings. The Balaban J connectivity index is 1.51. The molecule has 3 aromatic carbocycles. The Bertz CT molecular complexity index is 1150. The van der Waals surface area contributed by atoms with Crippen molar-refractivity contribution in [2.45, 2.75) is 19.8 Å². The number of aryl methyl sites for hydroxylation is 3. The van der Waals surface area contributed by atoms with Crippen molar-refractivity contribution in [3.8, 4) is 11.3 Å². The van der Waals surface area contributed by atoms with Crippen molar-refractivity contribution >= 4 is 38.3 Å². The molecule has 1 heterocycles. The van der Waals surface area contributed by atoms with E-state index in [0.29, 0.717) is 10.7 Å². The fourth-order valence-corrected chi connectivity index (χ4v) is 4.47. The van der Waals surface area contributed by atoms with E-state index >= 15 is 0 Å². The first-order valence-electron chi connectivity index (χ1n) is 9.77. The third-order valence-electron chi connectivity index (χ3n) is 4.92. The quantitative estimate of drug-likeness (QED) is 0.328. The van der Waals surface area contributed by atoms with Crippen molar-refractivity contribution in [3.05, 3.63) is 105 Å². The number of carbonyl (C=O) groups excluding carboxylic acids is 1. The maximum absolute atomic E-state index is 13.0. The summed E-state index contributed by atoms with van der Waals surface area (Å²) in [6, 6.07) is 26.2. The van der Waals surface area contributed by atoms with Gasteiger partial charge in [0, 0.05) is 20.5 Å². The van der Waals surface area contributed by atoms with E-state index in [1.54, 1.807) is 0 Å². The number of anilines is 1. The molecule has 4 rings (SSSR count). The summed E-state index contributed by atoms with van der Waals surface area (Å²) in [7, 11) is 0. The third-order valence-corrected chi connectivity index (χ3v) is 6.34. The molecule has 0 saturated carbocycles. The lowest BCUT2D eigenvalue weighted by Crippen LogP contribution is -2.14. The first kappa shape index (κ1) is 20.5. The highest BCUT2D eigenvalue weighted by molar-refractivity contribution is 9.10. The van der Waals surface area contributed by atoms with Crippen LogP contribution in [0.25, 0.3) is 11.3 Å². The predicted octanol–water partition coefficient (Wildman–Crippen LogP) is 6.92. The number of rotatable bonds is 6. The van der Waals surface area contributed by atoms with Gasteiger partial charge in [0.1, 0.15) is 0 Å². The van der Waals surface area contributed by atoms with Crippen molar-refractivity contribution in [3.63, 3.8) is 0 Å². The van der Waals surface area contributed by atoms with Crippen LogP contribution in [0.1, 0.15) is 26.4 Å². The third kappa shape index (κ3) is 4.86. The molecule has 5 heteroatoms. The summed E-state index contributed by atoms with van der Waals surface area (Å²) in [6.07, 6.45) is 1.71. The van der Waals surface area contributed by atoms with Crippen molar-refractivity contribution in [2.24, 2.45) is 0 Å². The molecule has 0 aliphatic rings. The molecule has 150 valence electrons. The molecule has 1 aromatic heterocycles. The number of benzene rings is 3. The molecule has 1 N–H and O–H groups in total. The molecule has 0 atom stereocenters. The van der Waals surface area contributed by atoms with E-state index in [0.717, 1.165) is 39.0 Å². The van der Waals surface area contributed by atoms with Crippen LogP contribution in [0, 0.1) is 6.92 Å².